The minimum atomic E-state index is -0.124. The maximum absolute atomic E-state index is 12.3. The van der Waals surface area contributed by atoms with Crippen LogP contribution in [0.25, 0.3) is 0 Å². The molecular weight excluding hydrogens is 342 g/mol. The maximum Gasteiger partial charge on any atom is 0.410 e. The van der Waals surface area contributed by atoms with Crippen molar-refractivity contribution in [1.29, 1.82) is 0 Å². The molecule has 4 rings (SSSR count). The van der Waals surface area contributed by atoms with Crippen LogP contribution < -0.4 is 0 Å². The van der Waals surface area contributed by atoms with Gasteiger partial charge in [0.15, 0.2) is 0 Å². The highest BCUT2D eigenvalue weighted by Gasteiger charge is 2.47. The van der Waals surface area contributed by atoms with Crippen molar-refractivity contribution in [2.75, 3.05) is 52.5 Å². The summed E-state index contributed by atoms with van der Waals surface area (Å²) in [5, 5.41) is 0. The SMILES string of the molecule is CCc1ccccc1CN1C[C@H]2OC(=O)N(CCCN3CCOCC3)[C@H]2C1. The van der Waals surface area contributed by atoms with Crippen LogP contribution in [0.1, 0.15) is 24.5 Å². The number of morpholine rings is 1. The van der Waals surface area contributed by atoms with E-state index in [-0.39, 0.29) is 18.2 Å². The summed E-state index contributed by atoms with van der Waals surface area (Å²) in [6.45, 7) is 10.4. The Bertz CT molecular complexity index is 647. The third kappa shape index (κ3) is 4.28. The van der Waals surface area contributed by atoms with Gasteiger partial charge in [0.25, 0.3) is 0 Å². The molecule has 0 spiro atoms. The summed E-state index contributed by atoms with van der Waals surface area (Å²) in [6, 6.07) is 8.86. The molecule has 0 radical (unpaired) electrons. The van der Waals surface area contributed by atoms with Crippen molar-refractivity contribution >= 4 is 6.09 Å². The average Bonchev–Trinajstić information content (AvgIpc) is 3.20. The number of nitrogens with zero attached hydrogens (tertiary/aromatic N) is 3. The zero-order valence-electron chi connectivity index (χ0n) is 16.3. The Hall–Kier alpha value is -1.63. The van der Waals surface area contributed by atoms with Crippen LogP contribution in [-0.4, -0.2) is 85.4 Å². The first-order valence-corrected chi connectivity index (χ1v) is 10.3. The van der Waals surface area contributed by atoms with Gasteiger partial charge in [0.2, 0.25) is 0 Å². The molecule has 3 heterocycles. The monoisotopic (exact) mass is 373 g/mol. The topological polar surface area (TPSA) is 45.2 Å². The fraction of sp³-hybridized carbons (Fsp3) is 0.667. The van der Waals surface area contributed by atoms with Crippen molar-refractivity contribution in [3.05, 3.63) is 35.4 Å². The minimum Gasteiger partial charge on any atom is -0.442 e. The molecule has 0 aliphatic carbocycles. The number of benzene rings is 1. The van der Waals surface area contributed by atoms with Gasteiger partial charge in [-0.15, -0.1) is 0 Å². The number of fused-ring (bicyclic) bond motifs is 1. The largest absolute Gasteiger partial charge is 0.442 e. The van der Waals surface area contributed by atoms with E-state index in [1.54, 1.807) is 0 Å². The van der Waals surface area contributed by atoms with Crippen molar-refractivity contribution in [2.45, 2.75) is 38.5 Å². The first kappa shape index (κ1) is 18.7. The van der Waals surface area contributed by atoms with Crippen molar-refractivity contribution in [1.82, 2.24) is 14.7 Å². The Morgan fingerprint density at radius 1 is 1.04 bits per heavy atom. The number of carbonyl (C=O) groups is 1. The summed E-state index contributed by atoms with van der Waals surface area (Å²) in [5.74, 6) is 0. The molecule has 27 heavy (non-hydrogen) atoms. The van der Waals surface area contributed by atoms with Crippen molar-refractivity contribution in [2.24, 2.45) is 0 Å². The second-order valence-electron chi connectivity index (χ2n) is 7.81. The summed E-state index contributed by atoms with van der Waals surface area (Å²) in [6.07, 6.45) is 1.95. The third-order valence-corrected chi connectivity index (χ3v) is 6.07. The molecule has 3 saturated heterocycles. The van der Waals surface area contributed by atoms with Gasteiger partial charge in [-0.25, -0.2) is 4.79 Å². The van der Waals surface area contributed by atoms with Gasteiger partial charge in [-0.1, -0.05) is 31.2 Å². The molecule has 0 aromatic heterocycles. The predicted molar refractivity (Wildman–Crippen MR) is 104 cm³/mol. The lowest BCUT2D eigenvalue weighted by molar-refractivity contribution is 0.0362. The summed E-state index contributed by atoms with van der Waals surface area (Å²) in [4.78, 5) is 19.1. The molecule has 6 heteroatoms. The van der Waals surface area contributed by atoms with E-state index in [2.05, 4.69) is 41.0 Å². The highest BCUT2D eigenvalue weighted by Crippen LogP contribution is 2.28. The van der Waals surface area contributed by atoms with Gasteiger partial charge >= 0.3 is 6.09 Å². The van der Waals surface area contributed by atoms with Crippen LogP contribution in [0.2, 0.25) is 0 Å². The summed E-state index contributed by atoms with van der Waals surface area (Å²) in [5.41, 5.74) is 2.80. The Kier molecular flexibility index (Phi) is 5.95. The van der Waals surface area contributed by atoms with Crippen molar-refractivity contribution < 1.29 is 14.3 Å². The van der Waals surface area contributed by atoms with Gasteiger partial charge in [-0.2, -0.15) is 0 Å². The van der Waals surface area contributed by atoms with Crippen LogP contribution in [0.15, 0.2) is 24.3 Å². The third-order valence-electron chi connectivity index (χ3n) is 6.07. The lowest BCUT2D eigenvalue weighted by Gasteiger charge is -2.28. The van der Waals surface area contributed by atoms with Gasteiger partial charge in [0.1, 0.15) is 6.10 Å². The quantitative estimate of drug-likeness (QED) is 0.731. The van der Waals surface area contributed by atoms with Crippen LogP contribution in [0.5, 0.6) is 0 Å². The minimum absolute atomic E-state index is 0.0228. The molecule has 1 aromatic carbocycles. The van der Waals surface area contributed by atoms with E-state index < -0.39 is 0 Å². The number of carbonyl (C=O) groups excluding carboxylic acids is 1. The number of amides is 1. The van der Waals surface area contributed by atoms with E-state index in [0.717, 1.165) is 71.9 Å². The van der Waals surface area contributed by atoms with Crippen LogP contribution in [0, 0.1) is 0 Å². The Morgan fingerprint density at radius 2 is 1.81 bits per heavy atom. The maximum atomic E-state index is 12.3. The lowest BCUT2D eigenvalue weighted by Crippen LogP contribution is -2.41. The fourth-order valence-corrected chi connectivity index (χ4v) is 4.55. The van der Waals surface area contributed by atoms with E-state index in [1.165, 1.54) is 11.1 Å². The normalized spacial score (nSPS) is 26.4. The number of hydrogen-bond donors (Lipinski definition) is 0. The van der Waals surface area contributed by atoms with Gasteiger partial charge in [0.05, 0.1) is 19.3 Å². The zero-order valence-corrected chi connectivity index (χ0v) is 16.3. The lowest BCUT2D eigenvalue weighted by atomic mass is 10.1. The first-order chi connectivity index (χ1) is 13.2. The van der Waals surface area contributed by atoms with Gasteiger partial charge in [0, 0.05) is 45.8 Å². The number of likely N-dealkylation sites (tertiary alicyclic amines) is 1. The van der Waals surface area contributed by atoms with Gasteiger partial charge in [-0.05, 0) is 24.0 Å². The number of aryl methyl sites for hydroxylation is 1. The highest BCUT2D eigenvalue weighted by molar-refractivity contribution is 5.71. The van der Waals surface area contributed by atoms with E-state index in [1.807, 2.05) is 4.90 Å². The van der Waals surface area contributed by atoms with Gasteiger partial charge < -0.3 is 14.4 Å². The summed E-state index contributed by atoms with van der Waals surface area (Å²) >= 11 is 0. The number of rotatable bonds is 7. The molecule has 1 amide bonds. The van der Waals surface area contributed by atoms with Crippen molar-refractivity contribution in [3.8, 4) is 0 Å². The summed E-state index contributed by atoms with van der Waals surface area (Å²) < 4.78 is 11.1. The molecule has 0 bridgehead atoms. The Morgan fingerprint density at radius 3 is 2.59 bits per heavy atom. The van der Waals surface area contributed by atoms with Crippen LogP contribution >= 0.6 is 0 Å². The predicted octanol–water partition coefficient (Wildman–Crippen LogP) is 1.98. The molecule has 3 fully saturated rings. The number of ether oxygens (including phenoxy) is 2. The molecule has 6 nitrogen and oxygen atoms in total. The second-order valence-corrected chi connectivity index (χ2v) is 7.81. The smallest absolute Gasteiger partial charge is 0.410 e. The van der Waals surface area contributed by atoms with E-state index >= 15 is 0 Å². The Labute approximate surface area is 162 Å². The highest BCUT2D eigenvalue weighted by atomic mass is 16.6. The molecule has 3 aliphatic heterocycles. The summed E-state index contributed by atoms with van der Waals surface area (Å²) in [7, 11) is 0. The molecule has 0 unspecified atom stereocenters. The molecule has 3 aliphatic rings. The van der Waals surface area contributed by atoms with E-state index in [4.69, 9.17) is 9.47 Å². The van der Waals surface area contributed by atoms with E-state index in [0.29, 0.717) is 0 Å². The molecule has 0 saturated carbocycles. The first-order valence-electron chi connectivity index (χ1n) is 10.3. The standard InChI is InChI=1S/C21H31N3O3/c1-2-17-6-3-4-7-18(17)14-23-15-19-20(16-23)27-21(25)24(19)9-5-8-22-10-12-26-13-11-22/h3-4,6-7,19-20H,2,5,8-16H2,1H3/t19-,20+/m0/s1. The molecule has 2 atom stereocenters. The molecule has 1 aromatic rings. The van der Waals surface area contributed by atoms with Crippen LogP contribution in [0.4, 0.5) is 4.79 Å². The molecule has 148 valence electrons. The van der Waals surface area contributed by atoms with Crippen LogP contribution in [0.3, 0.4) is 0 Å². The second kappa shape index (κ2) is 8.59. The number of hydrogen-bond acceptors (Lipinski definition) is 5. The zero-order chi connectivity index (χ0) is 18.6. The molecule has 0 N–H and O–H groups in total. The van der Waals surface area contributed by atoms with Gasteiger partial charge in [-0.3, -0.25) is 9.80 Å². The molecular formula is C21H31N3O3. The average molecular weight is 373 g/mol. The van der Waals surface area contributed by atoms with Crippen LogP contribution in [-0.2, 0) is 22.4 Å². The fourth-order valence-electron chi connectivity index (χ4n) is 4.55. The van der Waals surface area contributed by atoms with Crippen molar-refractivity contribution in [3.63, 3.8) is 0 Å². The van der Waals surface area contributed by atoms with E-state index in [9.17, 15) is 4.79 Å². The Balaban J connectivity index is 1.30.